The molecule has 0 fully saturated rings. The molecule has 0 unspecified atom stereocenters. The van der Waals surface area contributed by atoms with Crippen LogP contribution in [0, 0.1) is 0 Å². The van der Waals surface area contributed by atoms with Crippen molar-refractivity contribution in [3.05, 3.63) is 35.9 Å². The lowest BCUT2D eigenvalue weighted by Crippen LogP contribution is -2.34. The molecule has 1 aromatic rings. The molecule has 1 rings (SSSR count). The van der Waals surface area contributed by atoms with Gasteiger partial charge in [0.15, 0.2) is 0 Å². The SMILES string of the molecule is C=CCc1cc(OC)c(C(O)(O)CN)cc1OC. The van der Waals surface area contributed by atoms with Crippen LogP contribution in [0.2, 0.25) is 0 Å². The third-order valence-electron chi connectivity index (χ3n) is 2.68. The van der Waals surface area contributed by atoms with Gasteiger partial charge >= 0.3 is 0 Å². The molecule has 0 radical (unpaired) electrons. The first-order valence-electron chi connectivity index (χ1n) is 5.51. The number of allylic oxidation sites excluding steroid dienone is 1. The van der Waals surface area contributed by atoms with Gasteiger partial charge in [-0.05, 0) is 18.6 Å². The van der Waals surface area contributed by atoms with Crippen LogP contribution in [0.5, 0.6) is 11.5 Å². The lowest BCUT2D eigenvalue weighted by atomic mass is 10.00. The fraction of sp³-hybridized carbons (Fsp3) is 0.385. The van der Waals surface area contributed by atoms with Crippen molar-refractivity contribution in [2.24, 2.45) is 5.73 Å². The minimum absolute atomic E-state index is 0.178. The first-order chi connectivity index (χ1) is 8.50. The number of methoxy groups -OCH3 is 2. The number of hydrogen-bond acceptors (Lipinski definition) is 5. The van der Waals surface area contributed by atoms with Crippen LogP contribution in [-0.2, 0) is 12.2 Å². The van der Waals surface area contributed by atoms with Gasteiger partial charge in [-0.3, -0.25) is 0 Å². The van der Waals surface area contributed by atoms with E-state index in [0.717, 1.165) is 5.56 Å². The summed E-state index contributed by atoms with van der Waals surface area (Å²) in [7, 11) is 2.96. The molecule has 0 spiro atoms. The number of aliphatic hydroxyl groups is 2. The van der Waals surface area contributed by atoms with Crippen molar-refractivity contribution in [2.45, 2.75) is 12.2 Å². The Hall–Kier alpha value is -1.56. The summed E-state index contributed by atoms with van der Waals surface area (Å²) in [6.07, 6.45) is 2.32. The van der Waals surface area contributed by atoms with Crippen LogP contribution in [0.25, 0.3) is 0 Å². The van der Waals surface area contributed by atoms with E-state index in [1.54, 1.807) is 12.1 Å². The summed E-state index contributed by atoms with van der Waals surface area (Å²) in [5.74, 6) is -1.26. The Balaban J connectivity index is 3.39. The molecule has 0 aromatic heterocycles. The highest BCUT2D eigenvalue weighted by Gasteiger charge is 2.29. The molecule has 5 nitrogen and oxygen atoms in total. The Kier molecular flexibility index (Phi) is 4.72. The summed E-state index contributed by atoms with van der Waals surface area (Å²) >= 11 is 0. The zero-order chi connectivity index (χ0) is 13.8. The third kappa shape index (κ3) is 2.81. The highest BCUT2D eigenvalue weighted by molar-refractivity contribution is 5.49. The van der Waals surface area contributed by atoms with E-state index in [0.29, 0.717) is 17.9 Å². The molecule has 0 saturated heterocycles. The van der Waals surface area contributed by atoms with E-state index in [1.165, 1.54) is 20.3 Å². The van der Waals surface area contributed by atoms with E-state index in [9.17, 15) is 10.2 Å². The molecule has 100 valence electrons. The summed E-state index contributed by atoms with van der Waals surface area (Å²) in [6, 6.07) is 3.21. The normalized spacial score (nSPS) is 11.2. The maximum atomic E-state index is 9.82. The Morgan fingerprint density at radius 3 is 2.33 bits per heavy atom. The number of nitrogens with two attached hydrogens (primary N) is 1. The van der Waals surface area contributed by atoms with Gasteiger partial charge < -0.3 is 25.4 Å². The summed E-state index contributed by atoms with van der Waals surface area (Å²) in [6.45, 7) is 3.32. The first-order valence-corrected chi connectivity index (χ1v) is 5.51. The van der Waals surface area contributed by atoms with Gasteiger partial charge in [-0.15, -0.1) is 6.58 Å². The lowest BCUT2D eigenvalue weighted by molar-refractivity contribution is -0.161. The summed E-state index contributed by atoms with van der Waals surface area (Å²) in [4.78, 5) is 0. The maximum absolute atomic E-state index is 9.82. The predicted molar refractivity (Wildman–Crippen MR) is 68.6 cm³/mol. The molecule has 0 aliphatic carbocycles. The number of hydrogen-bond donors (Lipinski definition) is 3. The van der Waals surface area contributed by atoms with E-state index < -0.39 is 5.79 Å². The van der Waals surface area contributed by atoms with E-state index >= 15 is 0 Å². The standard InChI is InChI=1S/C13H19NO4/c1-4-5-9-6-12(18-3)10(7-11(9)17-2)13(15,16)8-14/h4,6-7,15-16H,1,5,8,14H2,2-3H3. The highest BCUT2D eigenvalue weighted by Crippen LogP contribution is 2.34. The molecule has 0 aliphatic heterocycles. The van der Waals surface area contributed by atoms with Gasteiger partial charge in [-0.1, -0.05) is 6.08 Å². The minimum Gasteiger partial charge on any atom is -0.496 e. The summed E-state index contributed by atoms with van der Waals surface area (Å²) < 4.78 is 10.4. The van der Waals surface area contributed by atoms with Crippen molar-refractivity contribution in [1.82, 2.24) is 0 Å². The van der Waals surface area contributed by atoms with E-state index in [2.05, 4.69) is 6.58 Å². The van der Waals surface area contributed by atoms with E-state index in [-0.39, 0.29) is 12.1 Å². The average Bonchev–Trinajstić information content (AvgIpc) is 2.38. The van der Waals surface area contributed by atoms with Crippen molar-refractivity contribution >= 4 is 0 Å². The van der Waals surface area contributed by atoms with Crippen molar-refractivity contribution < 1.29 is 19.7 Å². The monoisotopic (exact) mass is 253 g/mol. The Morgan fingerprint density at radius 1 is 1.28 bits per heavy atom. The van der Waals surface area contributed by atoms with Crippen molar-refractivity contribution in [2.75, 3.05) is 20.8 Å². The fourth-order valence-electron chi connectivity index (χ4n) is 1.70. The van der Waals surface area contributed by atoms with Gasteiger partial charge in [0.1, 0.15) is 11.5 Å². The summed E-state index contributed by atoms with van der Waals surface area (Å²) in [5.41, 5.74) is 6.36. The molecule has 5 heteroatoms. The zero-order valence-electron chi connectivity index (χ0n) is 10.6. The Bertz CT molecular complexity index is 429. The molecule has 4 N–H and O–H groups in total. The van der Waals surface area contributed by atoms with Gasteiger partial charge in [-0.25, -0.2) is 0 Å². The molecule has 0 amide bonds. The number of ether oxygens (including phenoxy) is 2. The molecule has 18 heavy (non-hydrogen) atoms. The average molecular weight is 253 g/mol. The Labute approximate surface area is 106 Å². The lowest BCUT2D eigenvalue weighted by Gasteiger charge is -2.24. The van der Waals surface area contributed by atoms with Gasteiger partial charge in [0.25, 0.3) is 0 Å². The second kappa shape index (κ2) is 5.86. The minimum atomic E-state index is -2.15. The van der Waals surface area contributed by atoms with Crippen LogP contribution in [-0.4, -0.2) is 31.0 Å². The van der Waals surface area contributed by atoms with Crippen molar-refractivity contribution in [3.8, 4) is 11.5 Å². The van der Waals surface area contributed by atoms with Gasteiger partial charge in [0, 0.05) is 5.56 Å². The zero-order valence-corrected chi connectivity index (χ0v) is 10.6. The highest BCUT2D eigenvalue weighted by atomic mass is 16.5. The van der Waals surface area contributed by atoms with Crippen LogP contribution in [0.3, 0.4) is 0 Å². The van der Waals surface area contributed by atoms with E-state index in [4.69, 9.17) is 15.2 Å². The molecule has 0 saturated carbocycles. The van der Waals surface area contributed by atoms with Crippen LogP contribution < -0.4 is 15.2 Å². The smallest absolute Gasteiger partial charge is 0.206 e. The molecule has 0 aliphatic rings. The quantitative estimate of drug-likeness (QED) is 0.508. The maximum Gasteiger partial charge on any atom is 0.206 e. The molecular weight excluding hydrogens is 234 g/mol. The number of benzene rings is 1. The van der Waals surface area contributed by atoms with Crippen LogP contribution >= 0.6 is 0 Å². The first kappa shape index (κ1) is 14.5. The van der Waals surface area contributed by atoms with Crippen LogP contribution in [0.1, 0.15) is 11.1 Å². The van der Waals surface area contributed by atoms with Gasteiger partial charge in [0.05, 0.1) is 26.3 Å². The molecule has 0 atom stereocenters. The fourth-order valence-corrected chi connectivity index (χ4v) is 1.70. The van der Waals surface area contributed by atoms with Crippen molar-refractivity contribution in [3.63, 3.8) is 0 Å². The predicted octanol–water partition coefficient (Wildman–Crippen LogP) is 0.528. The van der Waals surface area contributed by atoms with Crippen LogP contribution in [0.4, 0.5) is 0 Å². The largest absolute Gasteiger partial charge is 0.496 e. The summed E-state index contributed by atoms with van der Waals surface area (Å²) in [5, 5.41) is 19.6. The molecule has 0 heterocycles. The topological polar surface area (TPSA) is 84.9 Å². The number of rotatable bonds is 6. The van der Waals surface area contributed by atoms with Gasteiger partial charge in [-0.2, -0.15) is 0 Å². The Morgan fingerprint density at radius 2 is 1.89 bits per heavy atom. The second-order valence-corrected chi connectivity index (χ2v) is 3.88. The van der Waals surface area contributed by atoms with Gasteiger partial charge in [0.2, 0.25) is 5.79 Å². The molecule has 0 bridgehead atoms. The van der Waals surface area contributed by atoms with Crippen LogP contribution in [0.15, 0.2) is 24.8 Å². The van der Waals surface area contributed by atoms with E-state index in [1.807, 2.05) is 0 Å². The molecule has 1 aromatic carbocycles. The third-order valence-corrected chi connectivity index (χ3v) is 2.68. The molecular formula is C13H19NO4. The second-order valence-electron chi connectivity index (χ2n) is 3.88. The van der Waals surface area contributed by atoms with Crippen molar-refractivity contribution in [1.29, 1.82) is 0 Å².